The highest BCUT2D eigenvalue weighted by molar-refractivity contribution is 6.14. The van der Waals surface area contributed by atoms with Gasteiger partial charge >= 0.3 is 0 Å². The van der Waals surface area contributed by atoms with Crippen molar-refractivity contribution in [2.24, 2.45) is 0 Å². The number of amides is 2. The van der Waals surface area contributed by atoms with Crippen molar-refractivity contribution in [3.63, 3.8) is 0 Å². The number of hydrogen-bond acceptors (Lipinski definition) is 4. The molecule has 0 aromatic heterocycles. The van der Waals surface area contributed by atoms with E-state index in [4.69, 9.17) is 4.74 Å². The number of rotatable bonds is 5. The molecule has 0 N–H and O–H groups in total. The molecule has 6 heteroatoms. The minimum absolute atomic E-state index is 0.0125. The predicted octanol–water partition coefficient (Wildman–Crippen LogP) is 4.50. The van der Waals surface area contributed by atoms with E-state index in [1.807, 2.05) is 87.4 Å². The maximum absolute atomic E-state index is 14.0. The van der Waals surface area contributed by atoms with Crippen LogP contribution >= 0.6 is 0 Å². The van der Waals surface area contributed by atoms with Gasteiger partial charge in [-0.2, -0.15) is 0 Å². The molecule has 3 aromatic rings. The summed E-state index contributed by atoms with van der Waals surface area (Å²) in [5, 5.41) is 0. The molecule has 170 valence electrons. The lowest BCUT2D eigenvalue weighted by atomic mass is 9.98. The maximum Gasteiger partial charge on any atom is 0.255 e. The van der Waals surface area contributed by atoms with E-state index in [1.165, 1.54) is 0 Å². The SMILES string of the molecule is COc1ccc(N2C(=O)CN(c3cccc(C)c3C)C(=O)[C@@H]2c2ccc(N(C)C)cc2)cc1. The predicted molar refractivity (Wildman–Crippen MR) is 132 cm³/mol. The lowest BCUT2D eigenvalue weighted by Crippen LogP contribution is -2.56. The van der Waals surface area contributed by atoms with Crippen LogP contribution in [0.3, 0.4) is 0 Å². The van der Waals surface area contributed by atoms with Gasteiger partial charge in [-0.15, -0.1) is 0 Å². The molecule has 0 spiro atoms. The van der Waals surface area contributed by atoms with Crippen molar-refractivity contribution in [3.8, 4) is 5.75 Å². The zero-order valence-corrected chi connectivity index (χ0v) is 19.7. The molecule has 3 aromatic carbocycles. The Hall–Kier alpha value is -3.80. The average Bonchev–Trinajstić information content (AvgIpc) is 2.82. The standard InChI is InChI=1S/C27H29N3O3/c1-18-7-6-8-24(19(18)2)29-17-25(31)30(22-13-15-23(33-5)16-14-22)26(27(29)32)20-9-11-21(12-10-20)28(3)4/h6-16,26H,17H2,1-5H3/t26-/m0/s1. The zero-order chi connectivity index (χ0) is 23.7. The number of aryl methyl sites for hydroxylation is 1. The molecule has 4 rings (SSSR count). The largest absolute Gasteiger partial charge is 0.497 e. The zero-order valence-electron chi connectivity index (χ0n) is 19.7. The van der Waals surface area contributed by atoms with Gasteiger partial charge in [0, 0.05) is 31.2 Å². The Labute approximate surface area is 195 Å². The van der Waals surface area contributed by atoms with Crippen LogP contribution in [0.2, 0.25) is 0 Å². The number of methoxy groups -OCH3 is 1. The van der Waals surface area contributed by atoms with Gasteiger partial charge in [-0.1, -0.05) is 24.3 Å². The van der Waals surface area contributed by atoms with Gasteiger partial charge in [0.25, 0.3) is 5.91 Å². The Morgan fingerprint density at radius 2 is 1.58 bits per heavy atom. The summed E-state index contributed by atoms with van der Waals surface area (Å²) >= 11 is 0. The number of ether oxygens (including phenoxy) is 1. The van der Waals surface area contributed by atoms with Gasteiger partial charge in [0.15, 0.2) is 0 Å². The van der Waals surface area contributed by atoms with E-state index in [-0.39, 0.29) is 18.4 Å². The summed E-state index contributed by atoms with van der Waals surface area (Å²) in [4.78, 5) is 32.7. The molecule has 0 unspecified atom stereocenters. The molecule has 0 aliphatic carbocycles. The molecule has 0 bridgehead atoms. The van der Waals surface area contributed by atoms with E-state index in [1.54, 1.807) is 29.0 Å². The van der Waals surface area contributed by atoms with E-state index in [0.29, 0.717) is 11.4 Å². The van der Waals surface area contributed by atoms with E-state index < -0.39 is 6.04 Å². The summed E-state index contributed by atoms with van der Waals surface area (Å²) in [6.07, 6.45) is 0. The molecule has 6 nitrogen and oxygen atoms in total. The molecule has 1 heterocycles. The molecular weight excluding hydrogens is 414 g/mol. The first-order chi connectivity index (χ1) is 15.8. The van der Waals surface area contributed by atoms with Gasteiger partial charge in [-0.25, -0.2) is 0 Å². The third kappa shape index (κ3) is 4.16. The molecule has 1 aliphatic heterocycles. The normalized spacial score (nSPS) is 16.2. The molecule has 0 radical (unpaired) electrons. The van der Waals surface area contributed by atoms with Crippen LogP contribution in [-0.2, 0) is 9.59 Å². The van der Waals surface area contributed by atoms with Crippen molar-refractivity contribution in [2.75, 3.05) is 42.4 Å². The topological polar surface area (TPSA) is 53.1 Å². The van der Waals surface area contributed by atoms with Gasteiger partial charge in [-0.05, 0) is 73.0 Å². The smallest absolute Gasteiger partial charge is 0.255 e. The average molecular weight is 444 g/mol. The highest BCUT2D eigenvalue weighted by Gasteiger charge is 2.42. The number of carbonyl (C=O) groups excluding carboxylic acids is 2. The van der Waals surface area contributed by atoms with E-state index in [9.17, 15) is 9.59 Å². The van der Waals surface area contributed by atoms with Crippen molar-refractivity contribution in [1.82, 2.24) is 0 Å². The van der Waals surface area contributed by atoms with Crippen LogP contribution in [-0.4, -0.2) is 39.6 Å². The summed E-state index contributed by atoms with van der Waals surface area (Å²) < 4.78 is 5.27. The quantitative estimate of drug-likeness (QED) is 0.583. The number of nitrogens with zero attached hydrogens (tertiary/aromatic N) is 3. The lowest BCUT2D eigenvalue weighted by Gasteiger charge is -2.41. The Kier molecular flexibility index (Phi) is 6.09. The second-order valence-corrected chi connectivity index (χ2v) is 8.49. The van der Waals surface area contributed by atoms with Crippen molar-refractivity contribution >= 4 is 28.9 Å². The second kappa shape index (κ2) is 8.98. The van der Waals surface area contributed by atoms with Crippen LogP contribution in [0, 0.1) is 13.8 Å². The van der Waals surface area contributed by atoms with Crippen molar-refractivity contribution in [3.05, 3.63) is 83.4 Å². The minimum Gasteiger partial charge on any atom is -0.497 e. The molecular formula is C27H29N3O3. The summed E-state index contributed by atoms with van der Waals surface area (Å²) in [6, 6.07) is 20.1. The molecule has 0 saturated carbocycles. The Morgan fingerprint density at radius 3 is 2.18 bits per heavy atom. The first-order valence-corrected chi connectivity index (χ1v) is 10.9. The molecule has 33 heavy (non-hydrogen) atoms. The minimum atomic E-state index is -0.768. The van der Waals surface area contributed by atoms with Crippen LogP contribution in [0.15, 0.2) is 66.7 Å². The van der Waals surface area contributed by atoms with Gasteiger partial charge in [0.1, 0.15) is 18.3 Å². The summed E-state index contributed by atoms with van der Waals surface area (Å²) in [5.74, 6) is 0.428. The van der Waals surface area contributed by atoms with Crippen LogP contribution in [0.25, 0.3) is 0 Å². The van der Waals surface area contributed by atoms with Gasteiger partial charge in [-0.3, -0.25) is 14.5 Å². The lowest BCUT2D eigenvalue weighted by molar-refractivity contribution is -0.128. The first-order valence-electron chi connectivity index (χ1n) is 10.9. The van der Waals surface area contributed by atoms with E-state index in [0.717, 1.165) is 28.1 Å². The molecule has 1 atom stereocenters. The van der Waals surface area contributed by atoms with Crippen LogP contribution in [0.1, 0.15) is 22.7 Å². The number of benzene rings is 3. The Bertz CT molecular complexity index is 1170. The van der Waals surface area contributed by atoms with Gasteiger partial charge < -0.3 is 14.5 Å². The fraction of sp³-hybridized carbons (Fsp3) is 0.259. The first kappa shape index (κ1) is 22.4. The van der Waals surface area contributed by atoms with Gasteiger partial charge in [0.2, 0.25) is 5.91 Å². The highest BCUT2D eigenvalue weighted by Crippen LogP contribution is 2.37. The van der Waals surface area contributed by atoms with Crippen LogP contribution in [0.4, 0.5) is 17.1 Å². The third-order valence-electron chi connectivity index (χ3n) is 6.26. The highest BCUT2D eigenvalue weighted by atomic mass is 16.5. The van der Waals surface area contributed by atoms with E-state index in [2.05, 4.69) is 0 Å². The fourth-order valence-corrected chi connectivity index (χ4v) is 4.21. The number of anilines is 3. The number of hydrogen-bond donors (Lipinski definition) is 0. The van der Waals surface area contributed by atoms with E-state index >= 15 is 0 Å². The van der Waals surface area contributed by atoms with Crippen molar-refractivity contribution in [2.45, 2.75) is 19.9 Å². The maximum atomic E-state index is 14.0. The van der Waals surface area contributed by atoms with Gasteiger partial charge in [0.05, 0.1) is 7.11 Å². The monoisotopic (exact) mass is 443 g/mol. The summed E-state index contributed by atoms with van der Waals surface area (Å²) in [6.45, 7) is 3.98. The Balaban J connectivity index is 1.82. The summed E-state index contributed by atoms with van der Waals surface area (Å²) in [5.41, 5.74) is 5.31. The Morgan fingerprint density at radius 1 is 0.909 bits per heavy atom. The van der Waals surface area contributed by atoms with Crippen LogP contribution in [0.5, 0.6) is 5.75 Å². The second-order valence-electron chi connectivity index (χ2n) is 8.49. The molecule has 1 fully saturated rings. The fourth-order valence-electron chi connectivity index (χ4n) is 4.21. The van der Waals surface area contributed by atoms with Crippen molar-refractivity contribution < 1.29 is 14.3 Å². The third-order valence-corrected chi connectivity index (χ3v) is 6.26. The number of carbonyl (C=O) groups is 2. The van der Waals surface area contributed by atoms with Crippen LogP contribution < -0.4 is 19.4 Å². The molecule has 1 aliphatic rings. The summed E-state index contributed by atoms with van der Waals surface area (Å²) in [7, 11) is 5.54. The molecule has 2 amide bonds. The van der Waals surface area contributed by atoms with Crippen molar-refractivity contribution in [1.29, 1.82) is 0 Å². The number of piperazine rings is 1. The molecule has 1 saturated heterocycles.